The minimum absolute atomic E-state index is 0.0259. The number of aliphatic hydroxyl groups excluding tert-OH is 2. The van der Waals surface area contributed by atoms with Crippen LogP contribution in [0.3, 0.4) is 0 Å². The Balaban J connectivity index is 2.46. The van der Waals surface area contributed by atoms with Crippen LogP contribution in [0, 0.1) is 0 Å². The largest absolute Gasteiger partial charge is 0.488 e. The summed E-state index contributed by atoms with van der Waals surface area (Å²) in [5.41, 5.74) is 0. The van der Waals surface area contributed by atoms with E-state index >= 15 is 0 Å². The minimum atomic E-state index is -0.313. The Bertz CT molecular complexity index is 223. The van der Waals surface area contributed by atoms with E-state index in [1.54, 1.807) is 0 Å². The van der Waals surface area contributed by atoms with E-state index in [4.69, 9.17) is 14.9 Å². The molecular formula is C10H14O3. The lowest BCUT2D eigenvalue weighted by molar-refractivity contribution is 0.0906. The third-order valence-electron chi connectivity index (χ3n) is 1.70. The summed E-state index contributed by atoms with van der Waals surface area (Å²) in [7, 11) is 0. The quantitative estimate of drug-likeness (QED) is 0.708. The molecule has 0 fully saturated rings. The van der Waals surface area contributed by atoms with Crippen molar-refractivity contribution >= 4 is 0 Å². The Morgan fingerprint density at radius 1 is 1.15 bits per heavy atom. The van der Waals surface area contributed by atoms with E-state index in [2.05, 4.69) is 0 Å². The lowest BCUT2D eigenvalue weighted by atomic mass is 10.2. The van der Waals surface area contributed by atoms with Gasteiger partial charge in [-0.3, -0.25) is 0 Å². The molecule has 1 unspecified atom stereocenters. The maximum absolute atomic E-state index is 8.88. The fourth-order valence-electron chi connectivity index (χ4n) is 1.02. The maximum Gasteiger partial charge on any atom is 0.124 e. The Morgan fingerprint density at radius 3 is 2.38 bits per heavy atom. The molecule has 0 aliphatic carbocycles. The second-order valence-electron chi connectivity index (χ2n) is 2.75. The number of ether oxygens (including phenoxy) is 1. The molecule has 0 saturated carbocycles. The minimum Gasteiger partial charge on any atom is -0.488 e. The topological polar surface area (TPSA) is 49.7 Å². The van der Waals surface area contributed by atoms with E-state index in [0.717, 1.165) is 5.75 Å². The molecule has 3 nitrogen and oxygen atoms in total. The Hall–Kier alpha value is -1.06. The average Bonchev–Trinajstić information content (AvgIpc) is 2.19. The van der Waals surface area contributed by atoms with Crippen LogP contribution in [-0.4, -0.2) is 29.5 Å². The molecule has 0 aliphatic rings. The highest BCUT2D eigenvalue weighted by Gasteiger charge is 2.07. The molecule has 72 valence electrons. The van der Waals surface area contributed by atoms with Gasteiger partial charge < -0.3 is 14.9 Å². The SMILES string of the molecule is OCCC(CO)Oc1ccccc1. The molecule has 0 saturated heterocycles. The van der Waals surface area contributed by atoms with Crippen LogP contribution < -0.4 is 4.74 Å². The first-order chi connectivity index (χ1) is 6.36. The smallest absolute Gasteiger partial charge is 0.124 e. The molecule has 0 spiro atoms. The molecule has 3 heteroatoms. The van der Waals surface area contributed by atoms with Crippen LogP contribution in [0.1, 0.15) is 6.42 Å². The normalized spacial score (nSPS) is 12.5. The van der Waals surface area contributed by atoms with Gasteiger partial charge in [-0.2, -0.15) is 0 Å². The lowest BCUT2D eigenvalue weighted by Crippen LogP contribution is -2.22. The van der Waals surface area contributed by atoms with E-state index in [1.165, 1.54) is 0 Å². The van der Waals surface area contributed by atoms with E-state index in [1.807, 2.05) is 30.3 Å². The van der Waals surface area contributed by atoms with Crippen molar-refractivity contribution in [3.63, 3.8) is 0 Å². The first-order valence-corrected chi connectivity index (χ1v) is 4.30. The first-order valence-electron chi connectivity index (χ1n) is 4.30. The number of benzene rings is 1. The molecule has 1 aromatic rings. The fourth-order valence-corrected chi connectivity index (χ4v) is 1.02. The summed E-state index contributed by atoms with van der Waals surface area (Å²) in [4.78, 5) is 0. The van der Waals surface area contributed by atoms with Gasteiger partial charge >= 0.3 is 0 Å². The van der Waals surface area contributed by atoms with Crippen LogP contribution in [0.25, 0.3) is 0 Å². The highest BCUT2D eigenvalue weighted by Crippen LogP contribution is 2.11. The molecule has 1 aromatic carbocycles. The predicted molar refractivity (Wildman–Crippen MR) is 49.6 cm³/mol. The molecule has 0 radical (unpaired) electrons. The van der Waals surface area contributed by atoms with E-state index < -0.39 is 0 Å². The molecule has 0 bridgehead atoms. The molecular weight excluding hydrogens is 168 g/mol. The van der Waals surface area contributed by atoms with Crippen molar-refractivity contribution in [2.75, 3.05) is 13.2 Å². The van der Waals surface area contributed by atoms with E-state index in [9.17, 15) is 0 Å². The van der Waals surface area contributed by atoms with Gasteiger partial charge in [-0.05, 0) is 12.1 Å². The van der Waals surface area contributed by atoms with Crippen molar-refractivity contribution < 1.29 is 14.9 Å². The van der Waals surface area contributed by atoms with Crippen LogP contribution in [0.15, 0.2) is 30.3 Å². The molecule has 0 aromatic heterocycles. The van der Waals surface area contributed by atoms with Crippen LogP contribution >= 0.6 is 0 Å². The van der Waals surface area contributed by atoms with Gasteiger partial charge in [-0.1, -0.05) is 18.2 Å². The predicted octanol–water partition coefficient (Wildman–Crippen LogP) is 0.809. The van der Waals surface area contributed by atoms with Crippen molar-refractivity contribution in [2.45, 2.75) is 12.5 Å². The summed E-state index contributed by atoms with van der Waals surface area (Å²) in [6.45, 7) is -0.0481. The molecule has 1 rings (SSSR count). The monoisotopic (exact) mass is 182 g/mol. The standard InChI is InChI=1S/C10H14O3/c11-7-6-10(8-12)13-9-4-2-1-3-5-9/h1-5,10-12H,6-8H2. The molecule has 0 aliphatic heterocycles. The van der Waals surface area contributed by atoms with Gasteiger partial charge in [0.15, 0.2) is 0 Å². The summed E-state index contributed by atoms with van der Waals surface area (Å²) < 4.78 is 5.39. The van der Waals surface area contributed by atoms with Crippen molar-refractivity contribution in [3.8, 4) is 5.75 Å². The zero-order valence-corrected chi connectivity index (χ0v) is 7.39. The third-order valence-corrected chi connectivity index (χ3v) is 1.70. The van der Waals surface area contributed by atoms with Gasteiger partial charge in [0.05, 0.1) is 6.61 Å². The average molecular weight is 182 g/mol. The second-order valence-corrected chi connectivity index (χ2v) is 2.75. The van der Waals surface area contributed by atoms with Crippen molar-refractivity contribution in [1.82, 2.24) is 0 Å². The van der Waals surface area contributed by atoms with Gasteiger partial charge in [-0.25, -0.2) is 0 Å². The number of hydrogen-bond donors (Lipinski definition) is 2. The molecule has 2 N–H and O–H groups in total. The first kappa shape index (κ1) is 10.0. The zero-order chi connectivity index (χ0) is 9.52. The van der Waals surface area contributed by atoms with Crippen LogP contribution in [0.2, 0.25) is 0 Å². The Morgan fingerprint density at radius 2 is 1.85 bits per heavy atom. The molecule has 1 atom stereocenters. The molecule has 0 heterocycles. The van der Waals surface area contributed by atoms with Gasteiger partial charge in [0.1, 0.15) is 11.9 Å². The summed E-state index contributed by atoms with van der Waals surface area (Å²) in [5.74, 6) is 0.718. The Labute approximate surface area is 77.6 Å². The number of aliphatic hydroxyl groups is 2. The van der Waals surface area contributed by atoms with Gasteiger partial charge in [-0.15, -0.1) is 0 Å². The van der Waals surface area contributed by atoms with Gasteiger partial charge in [0.25, 0.3) is 0 Å². The number of para-hydroxylation sites is 1. The van der Waals surface area contributed by atoms with E-state index in [0.29, 0.717) is 6.42 Å². The van der Waals surface area contributed by atoms with Crippen LogP contribution in [-0.2, 0) is 0 Å². The van der Waals surface area contributed by atoms with Gasteiger partial charge in [0.2, 0.25) is 0 Å². The van der Waals surface area contributed by atoms with Gasteiger partial charge in [0, 0.05) is 13.0 Å². The molecule has 0 amide bonds. The number of hydrogen-bond acceptors (Lipinski definition) is 3. The fraction of sp³-hybridized carbons (Fsp3) is 0.400. The second kappa shape index (κ2) is 5.56. The summed E-state index contributed by atoms with van der Waals surface area (Å²) in [6.07, 6.45) is 0.137. The maximum atomic E-state index is 8.88. The lowest BCUT2D eigenvalue weighted by Gasteiger charge is -2.15. The zero-order valence-electron chi connectivity index (χ0n) is 7.39. The third kappa shape index (κ3) is 3.44. The highest BCUT2D eigenvalue weighted by atomic mass is 16.5. The van der Waals surface area contributed by atoms with Crippen LogP contribution in [0.4, 0.5) is 0 Å². The number of rotatable bonds is 5. The van der Waals surface area contributed by atoms with Crippen molar-refractivity contribution in [1.29, 1.82) is 0 Å². The summed E-state index contributed by atoms with van der Waals surface area (Å²) in [6, 6.07) is 9.26. The summed E-state index contributed by atoms with van der Waals surface area (Å²) in [5, 5.41) is 17.5. The van der Waals surface area contributed by atoms with E-state index in [-0.39, 0.29) is 19.3 Å². The highest BCUT2D eigenvalue weighted by molar-refractivity contribution is 5.21. The summed E-state index contributed by atoms with van der Waals surface area (Å²) >= 11 is 0. The van der Waals surface area contributed by atoms with Crippen molar-refractivity contribution in [3.05, 3.63) is 30.3 Å². The van der Waals surface area contributed by atoms with Crippen LogP contribution in [0.5, 0.6) is 5.75 Å². The van der Waals surface area contributed by atoms with Crippen molar-refractivity contribution in [2.24, 2.45) is 0 Å². The Kier molecular flexibility index (Phi) is 4.29. The molecule has 13 heavy (non-hydrogen) atoms.